The monoisotopic (exact) mass is 204 g/mol. The molecule has 0 aromatic heterocycles. The van der Waals surface area contributed by atoms with E-state index in [9.17, 15) is 9.50 Å². The van der Waals surface area contributed by atoms with Crippen LogP contribution in [0.1, 0.15) is 0 Å². The van der Waals surface area contributed by atoms with Gasteiger partial charge in [-0.1, -0.05) is 12.1 Å². The van der Waals surface area contributed by atoms with E-state index in [1.54, 1.807) is 12.1 Å². The van der Waals surface area contributed by atoms with Crippen LogP contribution in [0.25, 0.3) is 11.1 Å². The van der Waals surface area contributed by atoms with Gasteiger partial charge in [0.2, 0.25) is 0 Å². The molecule has 2 nitrogen and oxygen atoms in total. The van der Waals surface area contributed by atoms with Crippen LogP contribution in [0.3, 0.4) is 0 Å². The van der Waals surface area contributed by atoms with E-state index in [1.165, 1.54) is 24.3 Å². The number of aromatic hydroxyl groups is 2. The van der Waals surface area contributed by atoms with E-state index < -0.39 is 5.82 Å². The highest BCUT2D eigenvalue weighted by Gasteiger charge is 2.05. The molecule has 0 heterocycles. The Hall–Kier alpha value is -2.03. The summed E-state index contributed by atoms with van der Waals surface area (Å²) in [6, 6.07) is 10.2. The Bertz CT molecular complexity index is 495. The number of halogens is 1. The highest BCUT2D eigenvalue weighted by atomic mass is 19.1. The fourth-order valence-corrected chi connectivity index (χ4v) is 1.41. The lowest BCUT2D eigenvalue weighted by atomic mass is 10.0. The summed E-state index contributed by atoms with van der Waals surface area (Å²) in [6.07, 6.45) is 0. The van der Waals surface area contributed by atoms with Gasteiger partial charge in [-0.3, -0.25) is 0 Å². The molecule has 2 aromatic carbocycles. The van der Waals surface area contributed by atoms with Gasteiger partial charge in [0, 0.05) is 11.6 Å². The van der Waals surface area contributed by atoms with Crippen LogP contribution in [0.2, 0.25) is 0 Å². The Morgan fingerprint density at radius 2 is 1.60 bits per heavy atom. The maximum atomic E-state index is 13.4. The van der Waals surface area contributed by atoms with Crippen molar-refractivity contribution in [2.75, 3.05) is 0 Å². The van der Waals surface area contributed by atoms with E-state index in [0.717, 1.165) is 6.07 Å². The molecule has 0 atom stereocenters. The van der Waals surface area contributed by atoms with E-state index >= 15 is 0 Å². The SMILES string of the molecule is Oc1cccc(-c2ccc(O)cc2F)c1. The Morgan fingerprint density at radius 3 is 2.27 bits per heavy atom. The standard InChI is InChI=1S/C12H9FO2/c13-12-7-10(15)4-5-11(12)8-2-1-3-9(14)6-8/h1-7,14-15H. The molecule has 0 bridgehead atoms. The second kappa shape index (κ2) is 3.61. The van der Waals surface area contributed by atoms with Crippen molar-refractivity contribution >= 4 is 0 Å². The minimum atomic E-state index is -0.513. The van der Waals surface area contributed by atoms with Crippen molar-refractivity contribution < 1.29 is 14.6 Å². The maximum Gasteiger partial charge on any atom is 0.134 e. The first-order valence-electron chi connectivity index (χ1n) is 4.45. The number of phenolic OH excluding ortho intramolecular Hbond substituents is 2. The first kappa shape index (κ1) is 9.52. The highest BCUT2D eigenvalue weighted by molar-refractivity contribution is 5.66. The second-order valence-corrected chi connectivity index (χ2v) is 3.21. The van der Waals surface area contributed by atoms with Crippen molar-refractivity contribution in [2.24, 2.45) is 0 Å². The largest absolute Gasteiger partial charge is 0.508 e. The molecule has 15 heavy (non-hydrogen) atoms. The quantitative estimate of drug-likeness (QED) is 0.749. The van der Waals surface area contributed by atoms with Gasteiger partial charge in [0.05, 0.1) is 0 Å². The van der Waals surface area contributed by atoms with Crippen molar-refractivity contribution in [3.05, 3.63) is 48.3 Å². The van der Waals surface area contributed by atoms with Crippen molar-refractivity contribution in [1.29, 1.82) is 0 Å². The zero-order valence-corrected chi connectivity index (χ0v) is 7.81. The maximum absolute atomic E-state index is 13.4. The Labute approximate surface area is 86.2 Å². The summed E-state index contributed by atoms with van der Waals surface area (Å²) in [5.41, 5.74) is 0.927. The van der Waals surface area contributed by atoms with Gasteiger partial charge >= 0.3 is 0 Å². The Balaban J connectivity index is 2.54. The van der Waals surface area contributed by atoms with Crippen LogP contribution in [0.5, 0.6) is 11.5 Å². The van der Waals surface area contributed by atoms with Crippen molar-refractivity contribution in [1.82, 2.24) is 0 Å². The fraction of sp³-hybridized carbons (Fsp3) is 0. The molecule has 76 valence electrons. The summed E-state index contributed by atoms with van der Waals surface area (Å²) in [5, 5.41) is 18.3. The summed E-state index contributed by atoms with van der Waals surface area (Å²) in [4.78, 5) is 0. The van der Waals surface area contributed by atoms with Gasteiger partial charge < -0.3 is 10.2 Å². The predicted octanol–water partition coefficient (Wildman–Crippen LogP) is 2.90. The normalized spacial score (nSPS) is 10.2. The van der Waals surface area contributed by atoms with Gasteiger partial charge in [-0.05, 0) is 29.8 Å². The topological polar surface area (TPSA) is 40.5 Å². The first-order valence-corrected chi connectivity index (χ1v) is 4.45. The predicted molar refractivity (Wildman–Crippen MR) is 55.2 cm³/mol. The lowest BCUT2D eigenvalue weighted by molar-refractivity contribution is 0.469. The summed E-state index contributed by atoms with van der Waals surface area (Å²) in [6.45, 7) is 0. The molecule has 3 heteroatoms. The molecule has 0 aliphatic heterocycles. The lowest BCUT2D eigenvalue weighted by Gasteiger charge is -2.04. The van der Waals surface area contributed by atoms with Gasteiger partial charge in [-0.15, -0.1) is 0 Å². The number of hydrogen-bond acceptors (Lipinski definition) is 2. The van der Waals surface area contributed by atoms with Gasteiger partial charge in [0.25, 0.3) is 0 Å². The van der Waals surface area contributed by atoms with Crippen LogP contribution >= 0.6 is 0 Å². The number of benzene rings is 2. The summed E-state index contributed by atoms with van der Waals surface area (Å²) in [5.74, 6) is -0.544. The zero-order valence-electron chi connectivity index (χ0n) is 7.81. The van der Waals surface area contributed by atoms with Gasteiger partial charge in [-0.25, -0.2) is 4.39 Å². The van der Waals surface area contributed by atoms with Crippen LogP contribution in [-0.4, -0.2) is 10.2 Å². The third kappa shape index (κ3) is 1.91. The van der Waals surface area contributed by atoms with E-state index in [-0.39, 0.29) is 11.5 Å². The van der Waals surface area contributed by atoms with E-state index in [0.29, 0.717) is 11.1 Å². The molecule has 0 spiro atoms. The smallest absolute Gasteiger partial charge is 0.134 e. The molecule has 0 unspecified atom stereocenters. The van der Waals surface area contributed by atoms with Crippen LogP contribution in [0, 0.1) is 5.82 Å². The van der Waals surface area contributed by atoms with Gasteiger partial charge in [-0.2, -0.15) is 0 Å². The number of hydrogen-bond donors (Lipinski definition) is 2. The molecule has 0 saturated heterocycles. The molecule has 0 aliphatic rings. The summed E-state index contributed by atoms with van der Waals surface area (Å²) >= 11 is 0. The molecule has 0 radical (unpaired) electrons. The highest BCUT2D eigenvalue weighted by Crippen LogP contribution is 2.27. The summed E-state index contributed by atoms with van der Waals surface area (Å²) < 4.78 is 13.4. The molecule has 0 aliphatic carbocycles. The van der Waals surface area contributed by atoms with Crippen LogP contribution in [0.15, 0.2) is 42.5 Å². The third-order valence-corrected chi connectivity index (χ3v) is 2.11. The second-order valence-electron chi connectivity index (χ2n) is 3.21. The van der Waals surface area contributed by atoms with Crippen LogP contribution in [-0.2, 0) is 0 Å². The molecule has 2 rings (SSSR count). The van der Waals surface area contributed by atoms with Crippen molar-refractivity contribution in [3.8, 4) is 22.6 Å². The average Bonchev–Trinajstić information content (AvgIpc) is 2.17. The third-order valence-electron chi connectivity index (χ3n) is 2.11. The van der Waals surface area contributed by atoms with E-state index in [2.05, 4.69) is 0 Å². The molecule has 2 aromatic rings. The van der Waals surface area contributed by atoms with Crippen molar-refractivity contribution in [3.63, 3.8) is 0 Å². The number of rotatable bonds is 1. The van der Waals surface area contributed by atoms with Gasteiger partial charge in [0.1, 0.15) is 17.3 Å². The molecule has 0 fully saturated rings. The van der Waals surface area contributed by atoms with E-state index in [4.69, 9.17) is 5.11 Å². The summed E-state index contributed by atoms with van der Waals surface area (Å²) in [7, 11) is 0. The van der Waals surface area contributed by atoms with Crippen LogP contribution in [0.4, 0.5) is 4.39 Å². The molecule has 0 saturated carbocycles. The Kier molecular flexibility index (Phi) is 2.29. The fourth-order valence-electron chi connectivity index (χ4n) is 1.41. The van der Waals surface area contributed by atoms with Crippen LogP contribution < -0.4 is 0 Å². The molecular formula is C12H9FO2. The average molecular weight is 204 g/mol. The lowest BCUT2D eigenvalue weighted by Crippen LogP contribution is -1.83. The molecule has 0 amide bonds. The Morgan fingerprint density at radius 1 is 0.867 bits per heavy atom. The molecular weight excluding hydrogens is 195 g/mol. The van der Waals surface area contributed by atoms with Gasteiger partial charge in [0.15, 0.2) is 0 Å². The number of phenols is 2. The minimum absolute atomic E-state index is 0.0833. The molecule has 2 N–H and O–H groups in total. The minimum Gasteiger partial charge on any atom is -0.508 e. The zero-order chi connectivity index (χ0) is 10.8. The van der Waals surface area contributed by atoms with E-state index in [1.807, 2.05) is 0 Å². The van der Waals surface area contributed by atoms with Crippen molar-refractivity contribution in [2.45, 2.75) is 0 Å². The first-order chi connectivity index (χ1) is 7.16.